The summed E-state index contributed by atoms with van der Waals surface area (Å²) in [5.41, 5.74) is 7.81. The number of benzene rings is 4. The number of aryl methyl sites for hydroxylation is 4. The van der Waals surface area contributed by atoms with Gasteiger partial charge >= 0.3 is 5.97 Å². The number of likely N-dealkylation sites (N-methyl/N-ethyl adjacent to an activating group) is 2. The van der Waals surface area contributed by atoms with E-state index in [9.17, 15) is 26.4 Å². The molecule has 2 aliphatic rings. The summed E-state index contributed by atoms with van der Waals surface area (Å²) in [5, 5.41) is 11.8. The third kappa shape index (κ3) is 18.0. The molecule has 0 aliphatic carbocycles. The zero-order valence-electron chi connectivity index (χ0n) is 43.9. The van der Waals surface area contributed by atoms with E-state index in [1.165, 1.54) is 99.6 Å². The molecule has 0 atom stereocenters. The highest BCUT2D eigenvalue weighted by Crippen LogP contribution is 2.29. The minimum Gasteiger partial charge on any atom is -0.497 e. The fourth-order valence-corrected chi connectivity index (χ4v) is 12.0. The molecular formula is C54H80N6O9S2. The standard InChI is InChI=1S/C27H39N3O4S.C14H22N2.C13H19NO5S/c1-21-18-25(34-5)19-22(2)27(21)35(32,33)29(4)17-13-26(31)28(3)16-12-23-8-10-24(11-9-23)20-30-14-6-7-15-30;1-15-9-8-13-4-6-14(7-5-13)12-16-10-2-3-11-16;1-9-7-11(19-4)8-10(2)13(9)20(17,18)14(3)6-5-12(15)16/h8-11,18-19H,6-7,12-17,20H2,1-5H3;4-7,15H,2-3,8-12H2,1H3;7-8H,5-6H2,1-4H3,(H,15,16). The Labute approximate surface area is 425 Å². The summed E-state index contributed by atoms with van der Waals surface area (Å²) < 4.78 is 63.9. The van der Waals surface area contributed by atoms with E-state index in [0.717, 1.165) is 36.8 Å². The number of carboxylic acids is 1. The highest BCUT2D eigenvalue weighted by Gasteiger charge is 2.27. The topological polar surface area (TPSA) is 169 Å². The van der Waals surface area contributed by atoms with Gasteiger partial charge in [0, 0.05) is 60.3 Å². The first-order valence-corrected chi connectivity index (χ1v) is 27.5. The zero-order valence-corrected chi connectivity index (χ0v) is 45.6. The molecule has 2 aliphatic heterocycles. The van der Waals surface area contributed by atoms with Gasteiger partial charge in [-0.25, -0.2) is 25.4 Å². The van der Waals surface area contributed by atoms with Crippen molar-refractivity contribution < 1.29 is 41.0 Å². The number of ether oxygens (including phenoxy) is 2. The van der Waals surface area contributed by atoms with E-state index < -0.39 is 26.0 Å². The van der Waals surface area contributed by atoms with Crippen molar-refractivity contribution in [1.82, 2.24) is 28.6 Å². The van der Waals surface area contributed by atoms with Crippen LogP contribution in [0.3, 0.4) is 0 Å². The van der Waals surface area contributed by atoms with Crippen LogP contribution in [0.2, 0.25) is 0 Å². The van der Waals surface area contributed by atoms with Gasteiger partial charge in [0.2, 0.25) is 26.0 Å². The molecule has 2 heterocycles. The first-order chi connectivity index (χ1) is 33.7. The highest BCUT2D eigenvalue weighted by atomic mass is 32.2. The molecule has 0 bridgehead atoms. The van der Waals surface area contributed by atoms with Crippen molar-refractivity contribution in [3.63, 3.8) is 0 Å². The van der Waals surface area contributed by atoms with E-state index in [2.05, 4.69) is 63.6 Å². The maximum Gasteiger partial charge on any atom is 0.304 e. The van der Waals surface area contributed by atoms with Crippen LogP contribution in [0, 0.1) is 27.7 Å². The Morgan fingerprint density at radius 3 is 1.28 bits per heavy atom. The van der Waals surface area contributed by atoms with Crippen LogP contribution in [0.5, 0.6) is 11.5 Å². The summed E-state index contributed by atoms with van der Waals surface area (Å²) >= 11 is 0. The van der Waals surface area contributed by atoms with Gasteiger partial charge in [-0.15, -0.1) is 0 Å². The van der Waals surface area contributed by atoms with Gasteiger partial charge in [0.05, 0.1) is 30.4 Å². The lowest BCUT2D eigenvalue weighted by molar-refractivity contribution is -0.137. The van der Waals surface area contributed by atoms with Crippen LogP contribution in [0.1, 0.15) is 83.0 Å². The predicted octanol–water partition coefficient (Wildman–Crippen LogP) is 7.07. The predicted molar refractivity (Wildman–Crippen MR) is 282 cm³/mol. The van der Waals surface area contributed by atoms with Gasteiger partial charge in [-0.05, 0) is 175 Å². The minimum absolute atomic E-state index is 0.0669. The molecule has 0 saturated carbocycles. The quantitative estimate of drug-likeness (QED) is 0.0823. The Morgan fingerprint density at radius 2 is 0.930 bits per heavy atom. The molecule has 4 aromatic carbocycles. The summed E-state index contributed by atoms with van der Waals surface area (Å²) in [4.78, 5) is 30.4. The molecule has 6 rings (SSSR count). The summed E-state index contributed by atoms with van der Waals surface area (Å²) in [6.07, 6.45) is 7.13. The van der Waals surface area contributed by atoms with Crippen LogP contribution in [-0.2, 0) is 55.6 Å². The van der Waals surface area contributed by atoms with Gasteiger partial charge in [0.25, 0.3) is 0 Å². The summed E-state index contributed by atoms with van der Waals surface area (Å²) in [6, 6.07) is 24.5. The molecule has 17 heteroatoms. The maximum atomic E-state index is 13.2. The molecule has 392 valence electrons. The van der Waals surface area contributed by atoms with Crippen molar-refractivity contribution in [3.8, 4) is 11.5 Å². The number of amides is 1. The summed E-state index contributed by atoms with van der Waals surface area (Å²) in [6.45, 7) is 15.7. The summed E-state index contributed by atoms with van der Waals surface area (Å²) in [5.74, 6) is 0.114. The van der Waals surface area contributed by atoms with Crippen molar-refractivity contribution in [3.05, 3.63) is 117 Å². The van der Waals surface area contributed by atoms with Gasteiger partial charge < -0.3 is 24.8 Å². The number of hydrogen-bond donors (Lipinski definition) is 2. The van der Waals surface area contributed by atoms with Crippen LogP contribution in [-0.4, -0.2) is 152 Å². The Balaban J connectivity index is 0.000000256. The smallest absolute Gasteiger partial charge is 0.304 e. The molecule has 0 aromatic heterocycles. The average molecular weight is 1020 g/mol. The minimum atomic E-state index is -3.71. The van der Waals surface area contributed by atoms with E-state index in [4.69, 9.17) is 14.6 Å². The first-order valence-electron chi connectivity index (χ1n) is 24.6. The van der Waals surface area contributed by atoms with E-state index in [1.54, 1.807) is 71.0 Å². The molecule has 2 saturated heterocycles. The van der Waals surface area contributed by atoms with Gasteiger partial charge in [-0.1, -0.05) is 48.5 Å². The van der Waals surface area contributed by atoms with Crippen molar-refractivity contribution >= 4 is 31.9 Å². The summed E-state index contributed by atoms with van der Waals surface area (Å²) in [7, 11) is 2.33. The van der Waals surface area contributed by atoms with Crippen molar-refractivity contribution in [1.29, 1.82) is 0 Å². The Morgan fingerprint density at radius 1 is 0.577 bits per heavy atom. The number of hydrogen-bond acceptors (Lipinski definition) is 11. The molecule has 0 spiro atoms. The largest absolute Gasteiger partial charge is 0.497 e. The van der Waals surface area contributed by atoms with Gasteiger partial charge in [-0.3, -0.25) is 19.4 Å². The second-order valence-corrected chi connectivity index (χ2v) is 22.7. The highest BCUT2D eigenvalue weighted by molar-refractivity contribution is 7.89. The number of rotatable bonds is 22. The van der Waals surface area contributed by atoms with Gasteiger partial charge in [0.1, 0.15) is 11.5 Å². The molecule has 71 heavy (non-hydrogen) atoms. The Bertz CT molecular complexity index is 2500. The third-order valence-electron chi connectivity index (χ3n) is 13.0. The number of nitrogens with one attached hydrogen (secondary N) is 1. The lowest BCUT2D eigenvalue weighted by Gasteiger charge is -2.22. The van der Waals surface area contributed by atoms with Crippen LogP contribution < -0.4 is 14.8 Å². The van der Waals surface area contributed by atoms with Crippen LogP contribution in [0.25, 0.3) is 0 Å². The van der Waals surface area contributed by atoms with E-state index in [-0.39, 0.29) is 41.6 Å². The number of carbonyl (C=O) groups excluding carboxylic acids is 1. The lowest BCUT2D eigenvalue weighted by Crippen LogP contribution is -2.34. The van der Waals surface area contributed by atoms with Crippen LogP contribution in [0.15, 0.2) is 82.6 Å². The SMILES string of the molecule is CNCCc1ccc(CN2CCCC2)cc1.COc1cc(C)c(S(=O)(=O)N(C)CCC(=O)N(C)CCc2ccc(CN3CCCC3)cc2)c(C)c1.COc1cc(C)c(S(=O)(=O)N(C)CCC(=O)O)c(C)c1. The third-order valence-corrected chi connectivity index (χ3v) is 17.4. The number of sulfonamides is 2. The molecule has 2 fully saturated rings. The number of methoxy groups -OCH3 is 2. The normalized spacial score (nSPS) is 14.2. The fourth-order valence-electron chi connectivity index (χ4n) is 8.83. The number of likely N-dealkylation sites (tertiary alicyclic amines) is 2. The molecule has 0 radical (unpaired) electrons. The second-order valence-electron chi connectivity index (χ2n) is 18.7. The van der Waals surface area contributed by atoms with Crippen molar-refractivity contribution in [2.24, 2.45) is 0 Å². The zero-order chi connectivity index (χ0) is 52.3. The lowest BCUT2D eigenvalue weighted by atomic mass is 10.1. The maximum absolute atomic E-state index is 13.2. The second kappa shape index (κ2) is 28.4. The van der Waals surface area contributed by atoms with E-state index in [0.29, 0.717) is 40.3 Å². The molecule has 4 aromatic rings. The Hall–Kier alpha value is -4.88. The molecule has 15 nitrogen and oxygen atoms in total. The Kier molecular flexibility index (Phi) is 23.5. The van der Waals surface area contributed by atoms with Gasteiger partial charge in [0.15, 0.2) is 0 Å². The van der Waals surface area contributed by atoms with Crippen LogP contribution >= 0.6 is 0 Å². The molecule has 0 unspecified atom stereocenters. The number of carboxylic acid groups (broad SMARTS) is 1. The van der Waals surface area contributed by atoms with Crippen molar-refractivity contribution in [2.75, 3.05) is 94.8 Å². The fraction of sp³-hybridized carbons (Fsp3) is 0.519. The average Bonchev–Trinajstić information content (AvgIpc) is 4.06. The number of aliphatic carboxylic acids is 1. The monoisotopic (exact) mass is 1020 g/mol. The first kappa shape index (κ1) is 58.7. The molecular weight excluding hydrogens is 941 g/mol. The number of nitrogens with zero attached hydrogens (tertiary/aromatic N) is 5. The van der Waals surface area contributed by atoms with Crippen molar-refractivity contribution in [2.45, 2.75) is 102 Å². The molecule has 1 amide bonds. The van der Waals surface area contributed by atoms with E-state index in [1.807, 2.05) is 7.05 Å². The van der Waals surface area contributed by atoms with Gasteiger partial charge in [-0.2, -0.15) is 0 Å². The van der Waals surface area contributed by atoms with Crippen LogP contribution in [0.4, 0.5) is 0 Å². The molecule has 2 N–H and O–H groups in total. The number of carbonyl (C=O) groups is 2. The van der Waals surface area contributed by atoms with E-state index >= 15 is 0 Å².